The zero-order valence-corrected chi connectivity index (χ0v) is 60.8. The first-order valence-corrected chi connectivity index (χ1v) is 33.8. The molecule has 12 atom stereocenters. The van der Waals surface area contributed by atoms with Crippen LogP contribution in [0.5, 0.6) is 0 Å². The third kappa shape index (κ3) is 19.5. The van der Waals surface area contributed by atoms with Crippen molar-refractivity contribution in [1.82, 2.24) is 62.1 Å². The average molecular weight is 1390 g/mol. The molecule has 2 aromatic carbocycles. The number of amides is 12. The van der Waals surface area contributed by atoms with Gasteiger partial charge in [-0.3, -0.25) is 57.5 Å². The summed E-state index contributed by atoms with van der Waals surface area (Å²) < 4.78 is 0. The largest absolute Gasteiger partial charge is 0.347 e. The van der Waals surface area contributed by atoms with Crippen LogP contribution in [-0.4, -0.2) is 192 Å². The van der Waals surface area contributed by atoms with Crippen LogP contribution in [0.3, 0.4) is 0 Å². The number of Topliss-reactive ketones (excluding diaryl/α,β-unsaturated/α-hetero) is 2. The minimum Gasteiger partial charge on any atom is -0.347 e. The number of nitrogens with zero attached hydrogens (tertiary/aromatic N) is 4. The number of piperidine rings is 2. The maximum absolute atomic E-state index is 14.2. The SMILES string of the molecule is CN(C)C(=O)[C@@H](NC(=O)CNC(=O)C(=O)C(CC1CC1)NC(=O)[C@@H]1[C@@H]2[C@H](CN1C(=O)[C@@H](N)C(C)(C)C)C2(C)C)c1ccccc1.CN(C)C(=O)[C@@H](NC(=O)CNC(=O)C(=O)C(CC1CC1)NC(=O)[C@@H]1[C@@H]2[C@H](CN1C(=O)[C@@H](NC(=O)NC(C)(C)C)C(C)(C)C)C2(C)C)c1ccccc1.Cl. The van der Waals surface area contributed by atoms with Gasteiger partial charge in [-0.25, -0.2) is 4.79 Å². The first kappa shape index (κ1) is 79.0. The van der Waals surface area contributed by atoms with Crippen LogP contribution >= 0.6 is 12.4 Å². The molecular weight excluding hydrogens is 1280 g/mol. The lowest BCUT2D eigenvalue weighted by Gasteiger charge is -2.38. The van der Waals surface area contributed by atoms with E-state index in [1.807, 2.05) is 76.2 Å². The number of halogens is 1. The number of likely N-dealkylation sites (N-methyl/N-ethyl adjacent to an activating group) is 2. The van der Waals surface area contributed by atoms with Gasteiger partial charge in [0.15, 0.2) is 0 Å². The molecule has 0 bridgehead atoms. The number of nitrogens with two attached hydrogens (primary N) is 1. The molecule has 6 fully saturated rings. The zero-order chi connectivity index (χ0) is 72.4. The smallest absolute Gasteiger partial charge is 0.315 e. The molecule has 0 radical (unpaired) electrons. The maximum atomic E-state index is 14.2. The number of nitrogens with one attached hydrogen (secondary N) is 8. The standard InChI is InChI=1S/C38H57N7O7.C33H48N6O6.ClH/c1-36(2,3)30(42-35(52)43-37(4,5)6)34(51)45-20-23-26(38(23,7)8)28(45)31(48)40-24(18-21-16-17-21)29(47)32(49)39-19-25(46)41-27(33(50)44(9)10)22-14-12-11-13-15-22;1-32(2,3)27(34)31(45)39-17-20-23(33(20,4)5)25(39)28(42)36-21(15-18-13-14-18)26(41)29(43)35-16-22(40)37-24(30(44)38(6)7)19-11-9-8-10-12-19;/h11-15,21,23-24,26-28,30H,16-20H2,1-10H3,(H,39,49)(H,40,48)(H,41,46)(H2,42,43,52);8-12,18,20-21,23-25,27H,13-17,34H2,1-7H3,(H,35,43)(H,36,42)(H,37,40);1H/t23-,24?,26-,27-,28-,30+;20-,21?,23-,24-,25-,27+;/m00./s1. The number of rotatable bonds is 25. The van der Waals surface area contributed by atoms with E-state index in [1.54, 1.807) is 93.8 Å². The van der Waals surface area contributed by atoms with Crippen LogP contribution in [0.4, 0.5) is 4.79 Å². The minimum atomic E-state index is -1.16. The van der Waals surface area contributed by atoms with E-state index in [9.17, 15) is 62.3 Å². The van der Waals surface area contributed by atoms with E-state index >= 15 is 0 Å². The molecule has 2 unspecified atom stereocenters. The van der Waals surface area contributed by atoms with Gasteiger partial charge >= 0.3 is 6.03 Å². The van der Waals surface area contributed by atoms with Gasteiger partial charge < -0.3 is 67.9 Å². The summed E-state index contributed by atoms with van der Waals surface area (Å²) in [6.45, 7) is 24.5. The van der Waals surface area contributed by atoms with E-state index in [1.165, 1.54) is 14.7 Å². The van der Waals surface area contributed by atoms with Crippen LogP contribution in [0.2, 0.25) is 0 Å². The van der Waals surface area contributed by atoms with Crippen molar-refractivity contribution in [2.24, 2.45) is 62.9 Å². The Morgan fingerprint density at radius 2 is 0.878 bits per heavy atom. The van der Waals surface area contributed by atoms with Gasteiger partial charge in [-0.2, -0.15) is 0 Å². The molecule has 4 saturated carbocycles. The third-order valence-electron chi connectivity index (χ3n) is 19.9. The number of hydrogen-bond donors (Lipinski definition) is 9. The van der Waals surface area contributed by atoms with E-state index in [4.69, 9.17) is 5.73 Å². The molecule has 2 saturated heterocycles. The lowest BCUT2D eigenvalue weighted by atomic mass is 9.85. The summed E-state index contributed by atoms with van der Waals surface area (Å²) in [5.41, 5.74) is 5.33. The normalized spacial score (nSPS) is 22.6. The monoisotopic (exact) mass is 1380 g/mol. The molecule has 98 heavy (non-hydrogen) atoms. The maximum Gasteiger partial charge on any atom is 0.315 e. The number of urea groups is 1. The molecule has 27 heteroatoms. The van der Waals surface area contributed by atoms with Gasteiger partial charge in [0.05, 0.1) is 31.2 Å². The van der Waals surface area contributed by atoms with Crippen molar-refractivity contribution < 1.29 is 62.3 Å². The van der Waals surface area contributed by atoms with Gasteiger partial charge in [0, 0.05) is 46.8 Å². The molecule has 2 heterocycles. The predicted octanol–water partition coefficient (Wildman–Crippen LogP) is 3.08. The van der Waals surface area contributed by atoms with Crippen LogP contribution < -0.4 is 48.3 Å². The first-order valence-electron chi connectivity index (χ1n) is 33.8. The number of likely N-dealkylation sites (tertiary alicyclic amines) is 2. The summed E-state index contributed by atoms with van der Waals surface area (Å²) in [6, 6.07) is 9.19. The number of fused-ring (bicyclic) bond motifs is 2. The van der Waals surface area contributed by atoms with Gasteiger partial charge in [0.1, 0.15) is 30.2 Å². The van der Waals surface area contributed by atoms with Crippen LogP contribution in [0.15, 0.2) is 60.7 Å². The summed E-state index contributed by atoms with van der Waals surface area (Å²) >= 11 is 0. The van der Waals surface area contributed by atoms with Crippen LogP contribution in [0.25, 0.3) is 0 Å². The summed E-state index contributed by atoms with van der Waals surface area (Å²) in [5.74, 6) is -7.27. The molecule has 0 aromatic heterocycles. The Hall–Kier alpha value is -8.00. The Bertz CT molecular complexity index is 3340. The Labute approximate surface area is 582 Å². The number of hydrogen-bond acceptors (Lipinski definition) is 14. The highest BCUT2D eigenvalue weighted by Crippen LogP contribution is 2.66. The van der Waals surface area contributed by atoms with E-state index < -0.39 is 137 Å². The number of ketones is 2. The highest BCUT2D eigenvalue weighted by molar-refractivity contribution is 6.39. The number of carbonyl (C=O) groups excluding carboxylic acids is 13. The second-order valence-electron chi connectivity index (χ2n) is 32.1. The van der Waals surface area contributed by atoms with Crippen LogP contribution in [0, 0.1) is 57.2 Å². The molecule has 26 nitrogen and oxygen atoms in total. The average Bonchev–Trinajstić information content (AvgIpc) is 1.53. The highest BCUT2D eigenvalue weighted by atomic mass is 35.5. The summed E-state index contributed by atoms with van der Waals surface area (Å²) in [4.78, 5) is 179. The van der Waals surface area contributed by atoms with Gasteiger partial charge in [-0.15, -0.1) is 12.4 Å². The van der Waals surface area contributed by atoms with E-state index in [0.717, 1.165) is 25.7 Å². The third-order valence-corrected chi connectivity index (χ3v) is 19.9. The Balaban J connectivity index is 0.000000309. The summed E-state index contributed by atoms with van der Waals surface area (Å²) in [7, 11) is 6.28. The Kier molecular flexibility index (Phi) is 25.0. The first-order chi connectivity index (χ1) is 45.0. The van der Waals surface area contributed by atoms with Crippen molar-refractivity contribution in [3.63, 3.8) is 0 Å². The zero-order valence-electron chi connectivity index (χ0n) is 60.0. The Morgan fingerprint density at radius 3 is 1.19 bits per heavy atom. The minimum absolute atomic E-state index is 0. The van der Waals surface area contributed by atoms with Gasteiger partial charge in [-0.05, 0) is 102 Å². The van der Waals surface area contributed by atoms with E-state index in [2.05, 4.69) is 56.4 Å². The lowest BCUT2D eigenvalue weighted by molar-refractivity contribution is -0.145. The molecule has 4 aliphatic carbocycles. The molecule has 8 rings (SSSR count). The topological polar surface area (TPSA) is 357 Å². The highest BCUT2D eigenvalue weighted by Gasteiger charge is 2.71. The van der Waals surface area contributed by atoms with Gasteiger partial charge in [0.25, 0.3) is 11.8 Å². The van der Waals surface area contributed by atoms with Crippen molar-refractivity contribution in [1.29, 1.82) is 0 Å². The lowest BCUT2D eigenvalue weighted by Crippen LogP contribution is -2.62. The van der Waals surface area contributed by atoms with Crippen LogP contribution in [-0.2, 0) is 57.5 Å². The fraction of sp³-hybridized carbons (Fsp3) is 0.648. The molecule has 2 aliphatic heterocycles. The van der Waals surface area contributed by atoms with Crippen molar-refractivity contribution in [3.05, 3.63) is 71.8 Å². The van der Waals surface area contributed by atoms with Crippen LogP contribution in [0.1, 0.15) is 152 Å². The molecule has 540 valence electrons. The molecule has 6 aliphatic rings. The van der Waals surface area contributed by atoms with E-state index in [-0.39, 0.29) is 89.3 Å². The molecule has 12 amide bonds. The summed E-state index contributed by atoms with van der Waals surface area (Å²) in [6.07, 6.45) is 4.01. The summed E-state index contributed by atoms with van der Waals surface area (Å²) in [5, 5.41) is 21.3. The van der Waals surface area contributed by atoms with E-state index in [0.29, 0.717) is 24.2 Å². The number of carbonyl (C=O) groups is 13. The second-order valence-corrected chi connectivity index (χ2v) is 32.1. The van der Waals surface area contributed by atoms with Gasteiger partial charge in [-0.1, -0.05) is 156 Å². The molecule has 0 spiro atoms. The van der Waals surface area contributed by atoms with Gasteiger partial charge in [0.2, 0.25) is 58.8 Å². The fourth-order valence-corrected chi connectivity index (χ4v) is 13.5. The molecular formula is C71H106ClN13O13. The predicted molar refractivity (Wildman–Crippen MR) is 368 cm³/mol. The fourth-order valence-electron chi connectivity index (χ4n) is 13.5. The quantitative estimate of drug-likeness (QED) is 0.0646. The Morgan fingerprint density at radius 1 is 0.520 bits per heavy atom. The van der Waals surface area contributed by atoms with Crippen molar-refractivity contribution in [2.45, 2.75) is 182 Å². The number of benzene rings is 2. The second kappa shape index (κ2) is 31.0. The molecule has 10 N–H and O–H groups in total. The molecule has 2 aromatic rings. The van der Waals surface area contributed by atoms with Crippen molar-refractivity contribution in [3.8, 4) is 0 Å². The van der Waals surface area contributed by atoms with Crippen molar-refractivity contribution >= 4 is 89.1 Å². The van der Waals surface area contributed by atoms with Crippen molar-refractivity contribution in [2.75, 3.05) is 54.4 Å².